The summed E-state index contributed by atoms with van der Waals surface area (Å²) in [5, 5.41) is 0. The van der Waals surface area contributed by atoms with E-state index < -0.39 is 6.10 Å². The molecule has 0 aromatic rings. The average Bonchev–Trinajstić information content (AvgIpc) is 3.23. The lowest BCUT2D eigenvalue weighted by atomic mass is 10.1. The van der Waals surface area contributed by atoms with Crippen molar-refractivity contribution in [3.63, 3.8) is 0 Å². The molecule has 1 unspecified atom stereocenters. The van der Waals surface area contributed by atoms with Gasteiger partial charge in [-0.2, -0.15) is 0 Å². The summed E-state index contributed by atoms with van der Waals surface area (Å²) in [5.74, 6) is -1.02. The van der Waals surface area contributed by atoms with Crippen LogP contribution in [-0.2, 0) is 28.6 Å². The number of ether oxygens (including phenoxy) is 3. The summed E-state index contributed by atoms with van der Waals surface area (Å²) in [6.45, 7) is 6.32. The van der Waals surface area contributed by atoms with Gasteiger partial charge in [-0.25, -0.2) is 0 Å². The minimum absolute atomic E-state index is 0.106. The molecule has 0 amide bonds. The molecule has 334 valence electrons. The van der Waals surface area contributed by atoms with Crippen LogP contribution in [0.2, 0.25) is 0 Å². The van der Waals surface area contributed by atoms with E-state index >= 15 is 0 Å². The number of unbranched alkanes of at least 4 members (excludes halogenated alkanes) is 14. The third-order valence-corrected chi connectivity index (χ3v) is 9.59. The second-order valence-corrected chi connectivity index (χ2v) is 15.3. The number of carbonyl (C=O) groups excluding carboxylic acids is 3. The molecule has 0 rings (SSSR count). The van der Waals surface area contributed by atoms with Gasteiger partial charge in [0.1, 0.15) is 13.2 Å². The van der Waals surface area contributed by atoms with Crippen LogP contribution in [0.5, 0.6) is 0 Å². The van der Waals surface area contributed by atoms with Crippen LogP contribution < -0.4 is 0 Å². The first kappa shape index (κ1) is 55.3. The van der Waals surface area contributed by atoms with Gasteiger partial charge in [0.15, 0.2) is 6.10 Å². The quantitative estimate of drug-likeness (QED) is 0.0265. The van der Waals surface area contributed by atoms with Crippen molar-refractivity contribution < 1.29 is 28.6 Å². The van der Waals surface area contributed by atoms with E-state index in [1.165, 1.54) is 51.4 Å². The van der Waals surface area contributed by atoms with Gasteiger partial charge in [0.05, 0.1) is 0 Å². The molecule has 0 spiro atoms. The lowest BCUT2D eigenvalue weighted by Gasteiger charge is -2.18. The van der Waals surface area contributed by atoms with E-state index in [1.807, 2.05) is 12.2 Å². The Balaban J connectivity index is 4.36. The van der Waals surface area contributed by atoms with E-state index in [4.69, 9.17) is 14.2 Å². The zero-order valence-corrected chi connectivity index (χ0v) is 38.0. The topological polar surface area (TPSA) is 78.9 Å². The van der Waals surface area contributed by atoms with E-state index in [9.17, 15) is 14.4 Å². The van der Waals surface area contributed by atoms with Crippen LogP contribution >= 0.6 is 0 Å². The first-order valence-corrected chi connectivity index (χ1v) is 23.7. The highest BCUT2D eigenvalue weighted by Crippen LogP contribution is 2.12. The highest BCUT2D eigenvalue weighted by atomic mass is 16.6. The normalized spacial score (nSPS) is 12.9. The summed E-state index contributed by atoms with van der Waals surface area (Å²) in [6, 6.07) is 0. The van der Waals surface area contributed by atoms with E-state index in [-0.39, 0.29) is 37.5 Å². The number of esters is 3. The van der Waals surface area contributed by atoms with Gasteiger partial charge < -0.3 is 14.2 Å². The fourth-order valence-electron chi connectivity index (χ4n) is 6.03. The summed E-state index contributed by atoms with van der Waals surface area (Å²) in [7, 11) is 0. The minimum atomic E-state index is -0.808. The van der Waals surface area contributed by atoms with E-state index in [1.54, 1.807) is 0 Å². The van der Waals surface area contributed by atoms with Gasteiger partial charge in [-0.05, 0) is 89.9 Å². The van der Waals surface area contributed by atoms with Gasteiger partial charge in [-0.3, -0.25) is 14.4 Å². The molecule has 0 fully saturated rings. The summed E-state index contributed by atoms with van der Waals surface area (Å²) in [6.07, 6.45) is 61.5. The maximum Gasteiger partial charge on any atom is 0.306 e. The molecule has 0 aromatic heterocycles. The summed E-state index contributed by atoms with van der Waals surface area (Å²) >= 11 is 0. The lowest BCUT2D eigenvalue weighted by Crippen LogP contribution is -2.30. The number of hydrogen-bond donors (Lipinski definition) is 0. The highest BCUT2D eigenvalue weighted by Gasteiger charge is 2.19. The summed E-state index contributed by atoms with van der Waals surface area (Å²) < 4.78 is 16.5. The van der Waals surface area contributed by atoms with Crippen LogP contribution in [0, 0.1) is 0 Å². The van der Waals surface area contributed by atoms with Gasteiger partial charge in [-0.15, -0.1) is 0 Å². The van der Waals surface area contributed by atoms with Gasteiger partial charge in [0, 0.05) is 19.3 Å². The first-order chi connectivity index (χ1) is 29.0. The third-order valence-electron chi connectivity index (χ3n) is 9.59. The molecular weight excluding hydrogens is 733 g/mol. The van der Waals surface area contributed by atoms with E-state index in [0.717, 1.165) is 103 Å². The molecule has 6 nitrogen and oxygen atoms in total. The summed E-state index contributed by atoms with van der Waals surface area (Å²) in [4.78, 5) is 37.5. The minimum Gasteiger partial charge on any atom is -0.462 e. The average molecular weight is 819 g/mol. The second-order valence-electron chi connectivity index (χ2n) is 15.3. The SMILES string of the molecule is CC/C=C\C/C=C\C/C=C\C/C=C\C/C=C\C/C=C\CCC(=O)OCC(COC(=O)CCCCCCC)OC(=O)CCCCCCCCC/C=C\C/C=C\CCCCC. The van der Waals surface area contributed by atoms with Crippen molar-refractivity contribution in [3.05, 3.63) is 97.2 Å². The van der Waals surface area contributed by atoms with Crippen molar-refractivity contribution in [2.75, 3.05) is 13.2 Å². The molecule has 0 aliphatic rings. The standard InChI is InChI=1S/C53H86O6/c1-4-7-10-13-15-17-19-21-23-25-26-28-29-31-33-35-37-40-43-46-52(55)58-49-50(48-57-51(54)45-42-39-12-9-6-3)59-53(56)47-44-41-38-36-34-32-30-27-24-22-20-18-16-14-11-8-5-2/h7,10,15-18,21-24,26,28,31,33,37,40,50H,4-6,8-9,11-14,19-20,25,27,29-30,32,34-36,38-39,41-49H2,1-3H3/b10-7-,17-15-,18-16-,23-21-,24-22-,28-26-,33-31-,40-37-. The van der Waals surface area contributed by atoms with Crippen LogP contribution in [0.25, 0.3) is 0 Å². The number of hydrogen-bond acceptors (Lipinski definition) is 6. The molecule has 0 radical (unpaired) electrons. The third kappa shape index (κ3) is 45.3. The largest absolute Gasteiger partial charge is 0.462 e. The molecule has 59 heavy (non-hydrogen) atoms. The predicted octanol–water partition coefficient (Wildman–Crippen LogP) is 15.4. The maximum absolute atomic E-state index is 12.7. The Labute approximate surface area is 362 Å². The van der Waals surface area contributed by atoms with Crippen molar-refractivity contribution in [3.8, 4) is 0 Å². The Morgan fingerprint density at radius 1 is 0.356 bits per heavy atom. The predicted molar refractivity (Wildman–Crippen MR) is 251 cm³/mol. The molecule has 1 atom stereocenters. The van der Waals surface area contributed by atoms with Crippen LogP contribution in [0.3, 0.4) is 0 Å². The van der Waals surface area contributed by atoms with Gasteiger partial charge in [0.25, 0.3) is 0 Å². The van der Waals surface area contributed by atoms with Gasteiger partial charge >= 0.3 is 17.9 Å². The van der Waals surface area contributed by atoms with Crippen LogP contribution in [0.1, 0.15) is 201 Å². The van der Waals surface area contributed by atoms with Crippen LogP contribution in [0.15, 0.2) is 97.2 Å². The van der Waals surface area contributed by atoms with Gasteiger partial charge in [-0.1, -0.05) is 189 Å². The fourth-order valence-corrected chi connectivity index (χ4v) is 6.03. The molecule has 6 heteroatoms. The molecular formula is C53H86O6. The number of rotatable bonds is 41. The van der Waals surface area contributed by atoms with Crippen LogP contribution in [0.4, 0.5) is 0 Å². The Morgan fingerprint density at radius 2 is 0.695 bits per heavy atom. The monoisotopic (exact) mass is 819 g/mol. The van der Waals surface area contributed by atoms with Crippen LogP contribution in [-0.4, -0.2) is 37.2 Å². The van der Waals surface area contributed by atoms with Crippen molar-refractivity contribution in [2.24, 2.45) is 0 Å². The fraction of sp³-hybridized carbons (Fsp3) is 0.642. The Hall–Kier alpha value is -3.67. The highest BCUT2D eigenvalue weighted by molar-refractivity contribution is 5.71. The molecule has 0 aliphatic heterocycles. The molecule has 0 N–H and O–H groups in total. The second kappa shape index (κ2) is 47.0. The van der Waals surface area contributed by atoms with Crippen molar-refractivity contribution in [1.82, 2.24) is 0 Å². The molecule has 0 bridgehead atoms. The first-order valence-electron chi connectivity index (χ1n) is 23.7. The molecule has 0 saturated carbocycles. The zero-order chi connectivity index (χ0) is 43.0. The van der Waals surface area contributed by atoms with E-state index in [2.05, 4.69) is 106 Å². The van der Waals surface area contributed by atoms with Gasteiger partial charge in [0.2, 0.25) is 0 Å². The van der Waals surface area contributed by atoms with Crippen molar-refractivity contribution in [1.29, 1.82) is 0 Å². The lowest BCUT2D eigenvalue weighted by molar-refractivity contribution is -0.166. The molecule has 0 saturated heterocycles. The maximum atomic E-state index is 12.7. The Morgan fingerprint density at radius 3 is 1.17 bits per heavy atom. The number of allylic oxidation sites excluding steroid dienone is 16. The number of carbonyl (C=O) groups is 3. The summed E-state index contributed by atoms with van der Waals surface area (Å²) in [5.41, 5.74) is 0. The van der Waals surface area contributed by atoms with E-state index in [0.29, 0.717) is 19.3 Å². The molecule has 0 heterocycles. The van der Waals surface area contributed by atoms with Crippen molar-refractivity contribution in [2.45, 2.75) is 207 Å². The molecule has 0 aliphatic carbocycles. The zero-order valence-electron chi connectivity index (χ0n) is 38.0. The Bertz CT molecular complexity index is 1220. The Kier molecular flexibility index (Phi) is 44.1. The molecule has 0 aromatic carbocycles. The van der Waals surface area contributed by atoms with Crippen molar-refractivity contribution >= 4 is 17.9 Å². The smallest absolute Gasteiger partial charge is 0.306 e.